The fourth-order valence-corrected chi connectivity index (χ4v) is 2.44. The van der Waals surface area contributed by atoms with E-state index in [1.165, 1.54) is 12.1 Å². The van der Waals surface area contributed by atoms with Crippen LogP contribution in [0.5, 0.6) is 5.75 Å². The van der Waals surface area contributed by atoms with Gasteiger partial charge in [0.25, 0.3) is 0 Å². The third kappa shape index (κ3) is 1.92. The van der Waals surface area contributed by atoms with E-state index in [-0.39, 0.29) is 5.82 Å². The Hall–Kier alpha value is -2.14. The van der Waals surface area contributed by atoms with Crippen LogP contribution in [0.4, 0.5) is 4.39 Å². The van der Waals surface area contributed by atoms with Gasteiger partial charge in [-0.2, -0.15) is 0 Å². The zero-order valence-electron chi connectivity index (χ0n) is 10.2. The summed E-state index contributed by atoms with van der Waals surface area (Å²) >= 11 is 5.32. The normalized spacial score (nSPS) is 10.8. The second kappa shape index (κ2) is 4.51. The van der Waals surface area contributed by atoms with Crippen LogP contribution in [-0.4, -0.2) is 16.7 Å². The fourth-order valence-electron chi connectivity index (χ4n) is 2.14. The number of nitrogens with one attached hydrogen (secondary N) is 1. The van der Waals surface area contributed by atoms with Crippen LogP contribution in [0.1, 0.15) is 0 Å². The van der Waals surface area contributed by atoms with E-state index in [1.807, 2.05) is 28.8 Å². The maximum atomic E-state index is 13.2. The van der Waals surface area contributed by atoms with Gasteiger partial charge in [0.1, 0.15) is 11.6 Å². The lowest BCUT2D eigenvalue weighted by Crippen LogP contribution is -1.97. The Morgan fingerprint density at radius 1 is 1.21 bits per heavy atom. The van der Waals surface area contributed by atoms with Crippen molar-refractivity contribution < 1.29 is 9.13 Å². The number of ether oxygens (including phenoxy) is 1. The zero-order chi connectivity index (χ0) is 13.4. The molecule has 0 atom stereocenters. The number of benzene rings is 2. The molecule has 0 bridgehead atoms. The second-order valence-electron chi connectivity index (χ2n) is 4.10. The highest BCUT2D eigenvalue weighted by atomic mass is 32.1. The molecule has 0 fully saturated rings. The van der Waals surface area contributed by atoms with Crippen LogP contribution in [0.3, 0.4) is 0 Å². The molecule has 1 aromatic heterocycles. The Balaban J connectivity index is 2.36. The van der Waals surface area contributed by atoms with E-state index < -0.39 is 0 Å². The van der Waals surface area contributed by atoms with E-state index in [0.29, 0.717) is 16.0 Å². The van der Waals surface area contributed by atoms with Crippen molar-refractivity contribution in [3.8, 4) is 11.4 Å². The van der Waals surface area contributed by atoms with E-state index in [1.54, 1.807) is 13.2 Å². The smallest absolute Gasteiger partial charge is 0.182 e. The lowest BCUT2D eigenvalue weighted by molar-refractivity contribution is 0.413. The van der Waals surface area contributed by atoms with Crippen LogP contribution < -0.4 is 4.74 Å². The predicted octanol–water partition coefficient (Wildman–Crippen LogP) is 3.84. The number of halogens is 1. The number of methoxy groups -OCH3 is 1. The molecule has 0 saturated heterocycles. The molecule has 3 nitrogen and oxygen atoms in total. The Kier molecular flexibility index (Phi) is 2.83. The molecule has 3 aromatic rings. The first-order valence-electron chi connectivity index (χ1n) is 5.74. The summed E-state index contributed by atoms with van der Waals surface area (Å²) in [5.74, 6) is 0.416. The van der Waals surface area contributed by atoms with E-state index in [2.05, 4.69) is 4.98 Å². The summed E-state index contributed by atoms with van der Waals surface area (Å²) in [7, 11) is 1.61. The second-order valence-corrected chi connectivity index (χ2v) is 4.49. The number of hydrogen-bond acceptors (Lipinski definition) is 2. The summed E-state index contributed by atoms with van der Waals surface area (Å²) in [6.07, 6.45) is 0. The Morgan fingerprint density at radius 2 is 2.00 bits per heavy atom. The van der Waals surface area contributed by atoms with Crippen molar-refractivity contribution in [3.05, 3.63) is 53.1 Å². The molecule has 0 aliphatic carbocycles. The van der Waals surface area contributed by atoms with Crippen molar-refractivity contribution in [2.75, 3.05) is 7.11 Å². The van der Waals surface area contributed by atoms with Gasteiger partial charge in [0.15, 0.2) is 4.77 Å². The van der Waals surface area contributed by atoms with E-state index >= 15 is 0 Å². The van der Waals surface area contributed by atoms with E-state index in [9.17, 15) is 4.39 Å². The number of H-pyrrole nitrogens is 1. The summed E-state index contributed by atoms with van der Waals surface area (Å²) in [6.45, 7) is 0. The summed E-state index contributed by atoms with van der Waals surface area (Å²) in [5, 5.41) is 0. The van der Waals surface area contributed by atoms with Crippen LogP contribution in [0.25, 0.3) is 16.7 Å². The number of rotatable bonds is 2. The van der Waals surface area contributed by atoms with Crippen molar-refractivity contribution >= 4 is 23.3 Å². The number of para-hydroxylation sites is 2. The summed E-state index contributed by atoms with van der Waals surface area (Å²) in [4.78, 5) is 3.00. The number of hydrogen-bond donors (Lipinski definition) is 1. The SMILES string of the molecule is COc1ccccc1-n1c(=S)[nH]c2cc(F)ccc21. The molecule has 5 heteroatoms. The van der Waals surface area contributed by atoms with Gasteiger partial charge in [-0.05, 0) is 42.5 Å². The first kappa shape index (κ1) is 11.9. The lowest BCUT2D eigenvalue weighted by atomic mass is 10.2. The molecule has 0 spiro atoms. The lowest BCUT2D eigenvalue weighted by Gasteiger charge is -2.09. The van der Waals surface area contributed by atoms with Gasteiger partial charge in [-0.1, -0.05) is 12.1 Å². The molecule has 3 rings (SSSR count). The zero-order valence-corrected chi connectivity index (χ0v) is 11.0. The van der Waals surface area contributed by atoms with Crippen molar-refractivity contribution in [3.63, 3.8) is 0 Å². The third-order valence-electron chi connectivity index (χ3n) is 2.97. The fraction of sp³-hybridized carbons (Fsp3) is 0.0714. The van der Waals surface area contributed by atoms with Gasteiger partial charge in [-0.15, -0.1) is 0 Å². The van der Waals surface area contributed by atoms with Crippen LogP contribution in [0.2, 0.25) is 0 Å². The molecule has 1 N–H and O–H groups in total. The molecule has 0 aliphatic heterocycles. The molecule has 1 heterocycles. The molecule has 0 aliphatic rings. The summed E-state index contributed by atoms with van der Waals surface area (Å²) in [6, 6.07) is 12.1. The molecule has 0 unspecified atom stereocenters. The Bertz CT molecular complexity index is 807. The molecule has 2 aromatic carbocycles. The van der Waals surface area contributed by atoms with Gasteiger partial charge in [0.2, 0.25) is 0 Å². The minimum atomic E-state index is -0.295. The first-order valence-corrected chi connectivity index (χ1v) is 6.15. The summed E-state index contributed by atoms with van der Waals surface area (Å²) < 4.78 is 20.9. The maximum Gasteiger partial charge on any atom is 0.182 e. The van der Waals surface area contributed by atoms with Gasteiger partial charge in [0, 0.05) is 0 Å². The van der Waals surface area contributed by atoms with Gasteiger partial charge < -0.3 is 9.72 Å². The standard InChI is InChI=1S/C14H11FN2OS/c1-18-13-5-3-2-4-12(13)17-11-7-6-9(15)8-10(11)16-14(17)19/h2-8H,1H3,(H,16,19). The van der Waals surface area contributed by atoms with E-state index in [4.69, 9.17) is 17.0 Å². The highest BCUT2D eigenvalue weighted by Gasteiger charge is 2.10. The van der Waals surface area contributed by atoms with Crippen molar-refractivity contribution in [1.29, 1.82) is 0 Å². The molecular weight excluding hydrogens is 263 g/mol. The number of aromatic amines is 1. The molecule has 0 amide bonds. The van der Waals surface area contributed by atoms with Crippen molar-refractivity contribution in [2.24, 2.45) is 0 Å². The molecule has 0 radical (unpaired) electrons. The van der Waals surface area contributed by atoms with E-state index in [0.717, 1.165) is 11.2 Å². The quantitative estimate of drug-likeness (QED) is 0.720. The minimum Gasteiger partial charge on any atom is -0.495 e. The number of fused-ring (bicyclic) bond motifs is 1. The predicted molar refractivity (Wildman–Crippen MR) is 75.0 cm³/mol. The molecule has 0 saturated carbocycles. The minimum absolute atomic E-state index is 0.295. The summed E-state index contributed by atoms with van der Waals surface area (Å²) in [5.41, 5.74) is 2.31. The molecule has 19 heavy (non-hydrogen) atoms. The number of imidazole rings is 1. The first-order chi connectivity index (χ1) is 9.20. The largest absolute Gasteiger partial charge is 0.495 e. The highest BCUT2D eigenvalue weighted by molar-refractivity contribution is 7.71. The van der Waals surface area contributed by atoms with Crippen LogP contribution in [-0.2, 0) is 0 Å². The van der Waals surface area contributed by atoms with Gasteiger partial charge in [-0.25, -0.2) is 4.39 Å². The number of aromatic nitrogens is 2. The van der Waals surface area contributed by atoms with Gasteiger partial charge in [0.05, 0.1) is 23.8 Å². The topological polar surface area (TPSA) is 29.9 Å². The van der Waals surface area contributed by atoms with Crippen LogP contribution >= 0.6 is 12.2 Å². The molecule has 96 valence electrons. The van der Waals surface area contributed by atoms with Crippen molar-refractivity contribution in [2.45, 2.75) is 0 Å². The van der Waals surface area contributed by atoms with Gasteiger partial charge >= 0.3 is 0 Å². The average Bonchev–Trinajstić information content (AvgIpc) is 2.73. The molecular formula is C14H11FN2OS. The van der Waals surface area contributed by atoms with Crippen LogP contribution in [0, 0.1) is 10.6 Å². The number of nitrogens with zero attached hydrogens (tertiary/aromatic N) is 1. The Morgan fingerprint density at radius 3 is 2.79 bits per heavy atom. The van der Waals surface area contributed by atoms with Crippen molar-refractivity contribution in [1.82, 2.24) is 9.55 Å². The average molecular weight is 274 g/mol. The Labute approximate surface area is 114 Å². The highest BCUT2D eigenvalue weighted by Crippen LogP contribution is 2.27. The van der Waals surface area contributed by atoms with Crippen LogP contribution in [0.15, 0.2) is 42.5 Å². The maximum absolute atomic E-state index is 13.2. The third-order valence-corrected chi connectivity index (χ3v) is 3.25. The monoisotopic (exact) mass is 274 g/mol. The van der Waals surface area contributed by atoms with Gasteiger partial charge in [-0.3, -0.25) is 4.57 Å².